The Morgan fingerprint density at radius 3 is 2.60 bits per heavy atom. The molecule has 0 saturated carbocycles. The van der Waals surface area contributed by atoms with E-state index in [4.69, 9.17) is 9.47 Å². The summed E-state index contributed by atoms with van der Waals surface area (Å²) in [6.45, 7) is 3.16. The van der Waals surface area contributed by atoms with Crippen LogP contribution in [-0.2, 0) is 14.3 Å². The maximum absolute atomic E-state index is 9.99. The molecule has 1 aliphatic rings. The minimum Gasteiger partial charge on any atom is -0.348 e. The summed E-state index contributed by atoms with van der Waals surface area (Å²) in [7, 11) is 0. The maximum atomic E-state index is 9.99. The van der Waals surface area contributed by atoms with E-state index in [1.165, 1.54) is 0 Å². The van der Waals surface area contributed by atoms with Crippen LogP contribution in [0.3, 0.4) is 0 Å². The number of ether oxygens (including phenoxy) is 2. The van der Waals surface area contributed by atoms with Crippen molar-refractivity contribution < 1.29 is 14.3 Å². The SMILES string of the molecule is CC1(CCC=O)OCCO1. The van der Waals surface area contributed by atoms with Crippen LogP contribution < -0.4 is 0 Å². The van der Waals surface area contributed by atoms with Crippen LogP contribution in [0.15, 0.2) is 0 Å². The van der Waals surface area contributed by atoms with Crippen LogP contribution in [0.2, 0.25) is 0 Å². The van der Waals surface area contributed by atoms with E-state index in [2.05, 4.69) is 0 Å². The highest BCUT2D eigenvalue weighted by Gasteiger charge is 2.29. The predicted octanol–water partition coefficient (Wildman–Crippen LogP) is 0.728. The number of carbonyl (C=O) groups excluding carboxylic acids is 1. The minimum atomic E-state index is -0.485. The van der Waals surface area contributed by atoms with Gasteiger partial charge in [0.05, 0.1) is 13.2 Å². The van der Waals surface area contributed by atoms with E-state index in [1.54, 1.807) is 0 Å². The fourth-order valence-electron chi connectivity index (χ4n) is 1.02. The second-order valence-electron chi connectivity index (χ2n) is 2.54. The van der Waals surface area contributed by atoms with Crippen molar-refractivity contribution in [2.24, 2.45) is 0 Å². The van der Waals surface area contributed by atoms with E-state index in [-0.39, 0.29) is 0 Å². The molecule has 0 N–H and O–H groups in total. The largest absolute Gasteiger partial charge is 0.348 e. The van der Waals surface area contributed by atoms with Crippen molar-refractivity contribution in [1.82, 2.24) is 0 Å². The van der Waals surface area contributed by atoms with Crippen LogP contribution in [0.5, 0.6) is 0 Å². The molecule has 1 rings (SSSR count). The van der Waals surface area contributed by atoms with Crippen molar-refractivity contribution in [3.63, 3.8) is 0 Å². The fourth-order valence-corrected chi connectivity index (χ4v) is 1.02. The Morgan fingerprint density at radius 2 is 2.10 bits per heavy atom. The van der Waals surface area contributed by atoms with Gasteiger partial charge in [-0.3, -0.25) is 0 Å². The van der Waals surface area contributed by atoms with Crippen molar-refractivity contribution >= 4 is 6.29 Å². The topological polar surface area (TPSA) is 35.5 Å². The second-order valence-corrected chi connectivity index (χ2v) is 2.54. The van der Waals surface area contributed by atoms with Gasteiger partial charge in [-0.1, -0.05) is 0 Å². The van der Waals surface area contributed by atoms with Gasteiger partial charge >= 0.3 is 0 Å². The summed E-state index contributed by atoms with van der Waals surface area (Å²) in [5.41, 5.74) is 0. The molecule has 0 atom stereocenters. The molecule has 58 valence electrons. The average molecular weight is 144 g/mol. The lowest BCUT2D eigenvalue weighted by Gasteiger charge is -2.20. The average Bonchev–Trinajstić information content (AvgIpc) is 2.33. The van der Waals surface area contributed by atoms with Gasteiger partial charge in [0.2, 0.25) is 0 Å². The number of rotatable bonds is 3. The van der Waals surface area contributed by atoms with Gasteiger partial charge in [0.15, 0.2) is 5.79 Å². The summed E-state index contributed by atoms with van der Waals surface area (Å²) in [5.74, 6) is -0.485. The summed E-state index contributed by atoms with van der Waals surface area (Å²) in [6.07, 6.45) is 2.06. The fraction of sp³-hybridized carbons (Fsp3) is 0.857. The number of carbonyl (C=O) groups is 1. The molecule has 3 heteroatoms. The summed E-state index contributed by atoms with van der Waals surface area (Å²) < 4.78 is 10.5. The third-order valence-corrected chi connectivity index (χ3v) is 1.61. The molecule has 0 amide bonds. The predicted molar refractivity (Wildman–Crippen MR) is 35.6 cm³/mol. The summed E-state index contributed by atoms with van der Waals surface area (Å²) in [5, 5.41) is 0. The molecule has 3 nitrogen and oxygen atoms in total. The van der Waals surface area contributed by atoms with E-state index in [1.807, 2.05) is 6.92 Å². The van der Waals surface area contributed by atoms with Crippen LogP contribution >= 0.6 is 0 Å². The Balaban J connectivity index is 2.28. The zero-order valence-electron chi connectivity index (χ0n) is 6.13. The van der Waals surface area contributed by atoms with Gasteiger partial charge in [0, 0.05) is 12.8 Å². The van der Waals surface area contributed by atoms with E-state index in [9.17, 15) is 4.79 Å². The third-order valence-electron chi connectivity index (χ3n) is 1.61. The van der Waals surface area contributed by atoms with Gasteiger partial charge in [-0.2, -0.15) is 0 Å². The first kappa shape index (κ1) is 7.69. The Kier molecular flexibility index (Phi) is 2.40. The molecule has 1 heterocycles. The first-order valence-electron chi connectivity index (χ1n) is 3.48. The van der Waals surface area contributed by atoms with E-state index in [0.29, 0.717) is 26.1 Å². The molecule has 0 spiro atoms. The lowest BCUT2D eigenvalue weighted by atomic mass is 10.2. The second kappa shape index (κ2) is 3.12. The van der Waals surface area contributed by atoms with E-state index >= 15 is 0 Å². The van der Waals surface area contributed by atoms with Gasteiger partial charge < -0.3 is 14.3 Å². The lowest BCUT2D eigenvalue weighted by molar-refractivity contribution is -0.149. The molecule has 0 aromatic carbocycles. The Labute approximate surface area is 60.3 Å². The quantitative estimate of drug-likeness (QED) is 0.548. The molecule has 10 heavy (non-hydrogen) atoms. The number of aldehydes is 1. The van der Waals surface area contributed by atoms with Crippen LogP contribution in [-0.4, -0.2) is 25.3 Å². The summed E-state index contributed by atoms with van der Waals surface area (Å²) in [4.78, 5) is 9.99. The van der Waals surface area contributed by atoms with Crippen molar-refractivity contribution in [3.05, 3.63) is 0 Å². The van der Waals surface area contributed by atoms with Crippen LogP contribution in [0.1, 0.15) is 19.8 Å². The van der Waals surface area contributed by atoms with E-state index in [0.717, 1.165) is 6.29 Å². The Morgan fingerprint density at radius 1 is 1.50 bits per heavy atom. The molecular weight excluding hydrogens is 132 g/mol. The Hall–Kier alpha value is -0.410. The third kappa shape index (κ3) is 1.78. The normalized spacial score (nSPS) is 22.9. The van der Waals surface area contributed by atoms with Gasteiger partial charge in [-0.05, 0) is 6.92 Å². The maximum Gasteiger partial charge on any atom is 0.166 e. The first-order chi connectivity index (χ1) is 4.77. The smallest absolute Gasteiger partial charge is 0.166 e. The summed E-state index contributed by atoms with van der Waals surface area (Å²) in [6, 6.07) is 0. The molecule has 0 aliphatic carbocycles. The highest BCUT2D eigenvalue weighted by molar-refractivity contribution is 5.49. The van der Waals surface area contributed by atoms with Crippen LogP contribution in [0, 0.1) is 0 Å². The minimum absolute atomic E-state index is 0.485. The Bertz CT molecular complexity index is 116. The van der Waals surface area contributed by atoms with Gasteiger partial charge in [-0.25, -0.2) is 0 Å². The van der Waals surface area contributed by atoms with Gasteiger partial charge in [-0.15, -0.1) is 0 Å². The van der Waals surface area contributed by atoms with E-state index < -0.39 is 5.79 Å². The highest BCUT2D eigenvalue weighted by atomic mass is 16.7. The molecule has 0 aromatic rings. The van der Waals surface area contributed by atoms with Gasteiger partial charge in [0.25, 0.3) is 0 Å². The standard InChI is InChI=1S/C7H12O3/c1-7(3-2-4-8)9-5-6-10-7/h4H,2-3,5-6H2,1H3. The van der Waals surface area contributed by atoms with Crippen molar-refractivity contribution in [3.8, 4) is 0 Å². The molecule has 1 fully saturated rings. The first-order valence-corrected chi connectivity index (χ1v) is 3.48. The van der Waals surface area contributed by atoms with Crippen LogP contribution in [0.4, 0.5) is 0 Å². The van der Waals surface area contributed by atoms with Crippen molar-refractivity contribution in [2.45, 2.75) is 25.6 Å². The molecule has 1 aliphatic heterocycles. The monoisotopic (exact) mass is 144 g/mol. The number of hydrogen-bond acceptors (Lipinski definition) is 3. The lowest BCUT2D eigenvalue weighted by Crippen LogP contribution is -2.25. The molecule has 0 radical (unpaired) electrons. The molecule has 0 bridgehead atoms. The zero-order chi connectivity index (χ0) is 7.45. The highest BCUT2D eigenvalue weighted by Crippen LogP contribution is 2.22. The molecule has 0 aromatic heterocycles. The van der Waals surface area contributed by atoms with Gasteiger partial charge in [0.1, 0.15) is 6.29 Å². The van der Waals surface area contributed by atoms with Crippen molar-refractivity contribution in [2.75, 3.05) is 13.2 Å². The molecular formula is C7H12O3. The summed E-state index contributed by atoms with van der Waals surface area (Å²) >= 11 is 0. The molecule has 1 saturated heterocycles. The van der Waals surface area contributed by atoms with Crippen molar-refractivity contribution in [1.29, 1.82) is 0 Å². The zero-order valence-corrected chi connectivity index (χ0v) is 6.13. The number of hydrogen-bond donors (Lipinski definition) is 0. The molecule has 0 unspecified atom stereocenters. The van der Waals surface area contributed by atoms with Crippen LogP contribution in [0.25, 0.3) is 0 Å².